The number of aryl methyl sites for hydroxylation is 1. The van der Waals surface area contributed by atoms with Gasteiger partial charge >= 0.3 is 0 Å². The second-order valence-corrected chi connectivity index (χ2v) is 8.36. The number of amides is 1. The fourth-order valence-corrected chi connectivity index (χ4v) is 5.47. The van der Waals surface area contributed by atoms with Crippen molar-refractivity contribution in [1.29, 1.82) is 0 Å². The number of halogens is 1. The van der Waals surface area contributed by atoms with Crippen molar-refractivity contribution in [2.75, 3.05) is 12.4 Å². The molecule has 1 aliphatic heterocycles. The van der Waals surface area contributed by atoms with Gasteiger partial charge in [0.1, 0.15) is 22.1 Å². The van der Waals surface area contributed by atoms with E-state index in [1.165, 1.54) is 16.9 Å². The fraction of sp³-hybridized carbons (Fsp3) is 0.300. The lowest BCUT2D eigenvalue weighted by Crippen LogP contribution is -2.38. The topological polar surface area (TPSA) is 63.2 Å². The van der Waals surface area contributed by atoms with Crippen molar-refractivity contribution in [3.8, 4) is 5.75 Å². The van der Waals surface area contributed by atoms with Crippen LogP contribution in [0.1, 0.15) is 45.4 Å². The number of hydrogen-bond donors (Lipinski definition) is 2. The first-order chi connectivity index (χ1) is 13.1. The van der Waals surface area contributed by atoms with E-state index in [0.717, 1.165) is 52.0 Å². The molecular formula is C20H18ClN3O2S. The van der Waals surface area contributed by atoms with E-state index in [9.17, 15) is 4.79 Å². The Kier molecular flexibility index (Phi) is 3.98. The maximum Gasteiger partial charge on any atom is 0.256 e. The summed E-state index contributed by atoms with van der Waals surface area (Å²) in [6, 6.07) is 7.66. The summed E-state index contributed by atoms with van der Waals surface area (Å²) < 4.78 is 5.25. The van der Waals surface area contributed by atoms with Gasteiger partial charge in [0.25, 0.3) is 5.91 Å². The molecule has 1 aromatic carbocycles. The summed E-state index contributed by atoms with van der Waals surface area (Å²) in [6.07, 6.45) is 4.00. The molecule has 7 heteroatoms. The molecule has 0 spiro atoms. The van der Waals surface area contributed by atoms with Gasteiger partial charge in [-0.05, 0) is 49.4 Å². The van der Waals surface area contributed by atoms with Gasteiger partial charge in [-0.15, -0.1) is 11.3 Å². The second kappa shape index (κ2) is 6.39. The van der Waals surface area contributed by atoms with Gasteiger partial charge in [-0.2, -0.15) is 0 Å². The summed E-state index contributed by atoms with van der Waals surface area (Å²) in [5, 5.41) is 8.79. The quantitative estimate of drug-likeness (QED) is 0.613. The molecule has 0 fully saturated rings. The minimum atomic E-state index is -0.392. The molecule has 3 aromatic rings. The first-order valence-corrected chi connectivity index (χ1v) is 10.2. The number of aromatic nitrogens is 1. The Hall–Kier alpha value is -2.31. The SMILES string of the molecule is COc1ccc2cc(C3NC(=O)c4c(sc5c4CCCC5)N3)c(Cl)nc2c1. The van der Waals surface area contributed by atoms with Gasteiger partial charge in [-0.25, -0.2) is 4.98 Å². The molecule has 0 saturated carbocycles. The number of nitrogens with zero attached hydrogens (tertiary/aromatic N) is 1. The van der Waals surface area contributed by atoms with Crippen LogP contribution in [-0.2, 0) is 12.8 Å². The number of benzene rings is 1. The third kappa shape index (κ3) is 2.75. The number of thiophene rings is 1. The number of methoxy groups -OCH3 is 1. The number of hydrogen-bond acceptors (Lipinski definition) is 5. The third-order valence-corrected chi connectivity index (χ3v) is 6.79. The normalized spacial score (nSPS) is 18.4. The zero-order chi connectivity index (χ0) is 18.5. The summed E-state index contributed by atoms with van der Waals surface area (Å²) in [5.74, 6) is 0.704. The fourth-order valence-electron chi connectivity index (χ4n) is 3.90. The van der Waals surface area contributed by atoms with Crippen LogP contribution in [0, 0.1) is 0 Å². The van der Waals surface area contributed by atoms with Crippen molar-refractivity contribution in [2.24, 2.45) is 0 Å². The van der Waals surface area contributed by atoms with E-state index in [-0.39, 0.29) is 5.91 Å². The molecule has 0 radical (unpaired) electrons. The molecule has 2 aliphatic rings. The average Bonchev–Trinajstić information content (AvgIpc) is 3.05. The highest BCUT2D eigenvalue weighted by Gasteiger charge is 2.33. The summed E-state index contributed by atoms with van der Waals surface area (Å²) in [6.45, 7) is 0. The first-order valence-electron chi connectivity index (χ1n) is 9.00. The van der Waals surface area contributed by atoms with Crippen LogP contribution in [-0.4, -0.2) is 18.0 Å². The van der Waals surface area contributed by atoms with Crippen LogP contribution in [0.2, 0.25) is 5.15 Å². The minimum absolute atomic E-state index is 0.0287. The van der Waals surface area contributed by atoms with Crippen LogP contribution in [0.25, 0.3) is 10.9 Å². The number of pyridine rings is 1. The average molecular weight is 400 g/mol. The molecule has 27 heavy (non-hydrogen) atoms. The molecule has 2 aromatic heterocycles. The molecule has 1 aliphatic carbocycles. The highest BCUT2D eigenvalue weighted by Crippen LogP contribution is 2.42. The lowest BCUT2D eigenvalue weighted by atomic mass is 9.94. The number of anilines is 1. The Labute approximate surface area is 165 Å². The van der Waals surface area contributed by atoms with Gasteiger partial charge in [0.2, 0.25) is 0 Å². The largest absolute Gasteiger partial charge is 0.497 e. The van der Waals surface area contributed by atoms with Gasteiger partial charge in [-0.3, -0.25) is 4.79 Å². The molecule has 1 atom stereocenters. The van der Waals surface area contributed by atoms with Crippen LogP contribution < -0.4 is 15.4 Å². The molecule has 5 nitrogen and oxygen atoms in total. The van der Waals surface area contributed by atoms with Gasteiger partial charge in [0.05, 0.1) is 18.2 Å². The van der Waals surface area contributed by atoms with Crippen molar-refractivity contribution >= 4 is 44.7 Å². The molecule has 138 valence electrons. The standard InChI is InChI=1S/C20H18ClN3O2S/c1-26-11-7-6-10-8-13(17(21)22-14(10)9-11)18-23-19(25)16-12-4-2-3-5-15(12)27-20(16)24-18/h6-9,18,24H,2-5H2,1H3,(H,23,25). The van der Waals surface area contributed by atoms with Crippen molar-refractivity contribution in [3.63, 3.8) is 0 Å². The van der Waals surface area contributed by atoms with Crippen LogP contribution >= 0.6 is 22.9 Å². The van der Waals surface area contributed by atoms with Gasteiger partial charge in [0, 0.05) is 21.9 Å². The van der Waals surface area contributed by atoms with Crippen molar-refractivity contribution in [3.05, 3.63) is 51.0 Å². The number of rotatable bonds is 2. The highest BCUT2D eigenvalue weighted by atomic mass is 35.5. The lowest BCUT2D eigenvalue weighted by molar-refractivity contribution is 0.0935. The van der Waals surface area contributed by atoms with Crippen molar-refractivity contribution in [2.45, 2.75) is 31.8 Å². The number of carbonyl (C=O) groups is 1. The van der Waals surface area contributed by atoms with E-state index in [1.807, 2.05) is 24.3 Å². The Bertz CT molecular complexity index is 1080. The number of fused-ring (bicyclic) bond motifs is 4. The molecule has 1 amide bonds. The monoisotopic (exact) mass is 399 g/mol. The van der Waals surface area contributed by atoms with Crippen LogP contribution in [0.15, 0.2) is 24.3 Å². The van der Waals surface area contributed by atoms with E-state index in [4.69, 9.17) is 16.3 Å². The Morgan fingerprint density at radius 3 is 2.93 bits per heavy atom. The summed E-state index contributed by atoms with van der Waals surface area (Å²) >= 11 is 8.17. The van der Waals surface area contributed by atoms with Gasteiger partial charge in [0.15, 0.2) is 0 Å². The van der Waals surface area contributed by atoms with Crippen LogP contribution in [0.3, 0.4) is 0 Å². The summed E-state index contributed by atoms with van der Waals surface area (Å²) in [4.78, 5) is 18.7. The van der Waals surface area contributed by atoms with Gasteiger partial charge in [-0.1, -0.05) is 11.6 Å². The van der Waals surface area contributed by atoms with E-state index >= 15 is 0 Å². The minimum Gasteiger partial charge on any atom is -0.497 e. The highest BCUT2D eigenvalue weighted by molar-refractivity contribution is 7.16. The van der Waals surface area contributed by atoms with Crippen molar-refractivity contribution in [1.82, 2.24) is 10.3 Å². The zero-order valence-electron chi connectivity index (χ0n) is 14.8. The lowest BCUT2D eigenvalue weighted by Gasteiger charge is -2.27. The molecule has 2 N–H and O–H groups in total. The van der Waals surface area contributed by atoms with Crippen LogP contribution in [0.4, 0.5) is 5.00 Å². The number of ether oxygens (including phenoxy) is 1. The zero-order valence-corrected chi connectivity index (χ0v) is 16.3. The summed E-state index contributed by atoms with van der Waals surface area (Å²) in [7, 11) is 1.62. The number of carbonyl (C=O) groups excluding carboxylic acids is 1. The maximum atomic E-state index is 12.8. The maximum absolute atomic E-state index is 12.8. The summed E-state index contributed by atoms with van der Waals surface area (Å²) in [5.41, 5.74) is 3.57. The smallest absolute Gasteiger partial charge is 0.256 e. The molecule has 3 heterocycles. The van der Waals surface area contributed by atoms with Crippen molar-refractivity contribution < 1.29 is 9.53 Å². The Balaban J connectivity index is 1.55. The predicted molar refractivity (Wildman–Crippen MR) is 108 cm³/mol. The van der Waals surface area contributed by atoms with E-state index < -0.39 is 6.17 Å². The molecule has 0 saturated heterocycles. The molecule has 5 rings (SSSR count). The Morgan fingerprint density at radius 2 is 2.07 bits per heavy atom. The van der Waals surface area contributed by atoms with Gasteiger partial charge < -0.3 is 15.4 Å². The number of nitrogens with one attached hydrogen (secondary N) is 2. The van der Waals surface area contributed by atoms with E-state index in [1.54, 1.807) is 18.4 Å². The van der Waals surface area contributed by atoms with E-state index in [0.29, 0.717) is 5.15 Å². The van der Waals surface area contributed by atoms with E-state index in [2.05, 4.69) is 15.6 Å². The second-order valence-electron chi connectivity index (χ2n) is 6.89. The predicted octanol–water partition coefficient (Wildman–Crippen LogP) is 4.69. The molecular weight excluding hydrogens is 382 g/mol. The molecule has 1 unspecified atom stereocenters. The third-order valence-electron chi connectivity index (χ3n) is 5.27. The Morgan fingerprint density at radius 1 is 1.22 bits per heavy atom. The first kappa shape index (κ1) is 16.8. The van der Waals surface area contributed by atoms with Crippen LogP contribution in [0.5, 0.6) is 5.75 Å². The molecule has 0 bridgehead atoms.